The summed E-state index contributed by atoms with van der Waals surface area (Å²) < 4.78 is 5.20. The first-order valence-corrected chi connectivity index (χ1v) is 7.85. The van der Waals surface area contributed by atoms with Gasteiger partial charge in [0, 0.05) is 31.5 Å². The molecule has 5 nitrogen and oxygen atoms in total. The molecule has 0 fully saturated rings. The van der Waals surface area contributed by atoms with E-state index < -0.39 is 0 Å². The summed E-state index contributed by atoms with van der Waals surface area (Å²) in [5, 5.41) is 15.0. The molecule has 0 heterocycles. The maximum atomic E-state index is 11.9. The zero-order chi connectivity index (χ0) is 17.2. The molecule has 2 N–H and O–H groups in total. The van der Waals surface area contributed by atoms with Gasteiger partial charge in [-0.25, -0.2) is 0 Å². The van der Waals surface area contributed by atoms with E-state index in [9.17, 15) is 4.79 Å². The van der Waals surface area contributed by atoms with Crippen LogP contribution in [0.1, 0.15) is 54.4 Å². The van der Waals surface area contributed by atoms with Crippen LogP contribution < -0.4 is 10.6 Å². The molecule has 0 aromatic carbocycles. The summed E-state index contributed by atoms with van der Waals surface area (Å²) in [5.41, 5.74) is 0.0762. The predicted molar refractivity (Wildman–Crippen MR) is 89.1 cm³/mol. The Labute approximate surface area is 135 Å². The van der Waals surface area contributed by atoms with Gasteiger partial charge in [0.2, 0.25) is 0 Å². The van der Waals surface area contributed by atoms with Gasteiger partial charge in [0.15, 0.2) is 0 Å². The molecular weight excluding hydrogens is 278 g/mol. The Morgan fingerprint density at radius 3 is 2.41 bits per heavy atom. The van der Waals surface area contributed by atoms with Gasteiger partial charge >= 0.3 is 0 Å². The van der Waals surface area contributed by atoms with Gasteiger partial charge in [0.25, 0.3) is 5.91 Å². The van der Waals surface area contributed by atoms with Crippen LogP contribution in [0.3, 0.4) is 0 Å². The van der Waals surface area contributed by atoms with Crippen LogP contribution in [0.2, 0.25) is 0 Å². The van der Waals surface area contributed by atoms with Crippen LogP contribution in [0.4, 0.5) is 0 Å². The van der Waals surface area contributed by atoms with Crippen molar-refractivity contribution >= 4 is 5.91 Å². The van der Waals surface area contributed by atoms with Gasteiger partial charge in [0.1, 0.15) is 11.6 Å². The smallest absolute Gasteiger partial charge is 0.263 e. The summed E-state index contributed by atoms with van der Waals surface area (Å²) >= 11 is 0. The summed E-state index contributed by atoms with van der Waals surface area (Å²) in [7, 11) is 0. The van der Waals surface area contributed by atoms with Gasteiger partial charge in [0.05, 0.1) is 0 Å². The summed E-state index contributed by atoms with van der Waals surface area (Å²) in [4.78, 5) is 11.9. The summed E-state index contributed by atoms with van der Waals surface area (Å²) in [6.45, 7) is 14.3. The lowest BCUT2D eigenvalue weighted by atomic mass is 9.82. The monoisotopic (exact) mass is 309 g/mol. The zero-order valence-corrected chi connectivity index (χ0v) is 14.9. The Kier molecular flexibility index (Phi) is 8.81. The van der Waals surface area contributed by atoms with E-state index in [4.69, 9.17) is 10.00 Å². The third kappa shape index (κ3) is 10.2. The second kappa shape index (κ2) is 9.47. The third-order valence-corrected chi connectivity index (χ3v) is 2.90. The highest BCUT2D eigenvalue weighted by Gasteiger charge is 2.24. The molecule has 0 unspecified atom stereocenters. The number of amides is 1. The van der Waals surface area contributed by atoms with E-state index in [1.165, 1.54) is 6.20 Å². The molecule has 1 amide bonds. The fraction of sp³-hybridized carbons (Fsp3) is 0.765. The normalized spacial score (nSPS) is 12.7. The number of rotatable bonds is 9. The van der Waals surface area contributed by atoms with Gasteiger partial charge in [-0.3, -0.25) is 4.79 Å². The molecule has 0 aliphatic carbocycles. The number of hydrogen-bond donors (Lipinski definition) is 2. The molecule has 0 aliphatic heterocycles. The maximum Gasteiger partial charge on any atom is 0.263 e. The Morgan fingerprint density at radius 2 is 1.91 bits per heavy atom. The second-order valence-electron chi connectivity index (χ2n) is 7.24. The minimum Gasteiger partial charge on any atom is -0.385 e. The van der Waals surface area contributed by atoms with Gasteiger partial charge in [-0.2, -0.15) is 5.26 Å². The molecule has 0 saturated carbocycles. The van der Waals surface area contributed by atoms with Gasteiger partial charge in [-0.1, -0.05) is 20.8 Å². The zero-order valence-electron chi connectivity index (χ0n) is 14.9. The Hall–Kier alpha value is -1.54. The average Bonchev–Trinajstić information content (AvgIpc) is 2.36. The minimum absolute atomic E-state index is 0.0957. The molecule has 0 radical (unpaired) electrons. The molecule has 0 atom stereocenters. The molecule has 5 heteroatoms. The van der Waals surface area contributed by atoms with Crippen LogP contribution in [-0.4, -0.2) is 31.2 Å². The van der Waals surface area contributed by atoms with Gasteiger partial charge in [-0.05, 0) is 39.0 Å². The lowest BCUT2D eigenvalue weighted by molar-refractivity contribution is -0.117. The maximum absolute atomic E-state index is 11.9. The van der Waals surface area contributed by atoms with Crippen molar-refractivity contribution < 1.29 is 9.53 Å². The third-order valence-electron chi connectivity index (χ3n) is 2.90. The topological polar surface area (TPSA) is 74.1 Å². The Bertz CT molecular complexity index is 415. The van der Waals surface area contributed by atoms with E-state index in [2.05, 4.69) is 45.3 Å². The van der Waals surface area contributed by atoms with Crippen LogP contribution >= 0.6 is 0 Å². The van der Waals surface area contributed by atoms with Crippen LogP contribution in [0, 0.1) is 16.7 Å². The highest BCUT2D eigenvalue weighted by molar-refractivity contribution is 5.97. The molecule has 0 spiro atoms. The van der Waals surface area contributed by atoms with E-state index in [-0.39, 0.29) is 22.4 Å². The van der Waals surface area contributed by atoms with Crippen molar-refractivity contribution in [2.24, 2.45) is 5.41 Å². The molecule has 0 bridgehead atoms. The van der Waals surface area contributed by atoms with Gasteiger partial charge in [-0.15, -0.1) is 0 Å². The van der Waals surface area contributed by atoms with Crippen LogP contribution in [0.25, 0.3) is 0 Å². The number of hydrogen-bond acceptors (Lipinski definition) is 4. The molecule has 0 aromatic heterocycles. The number of nitrogens with one attached hydrogen (secondary N) is 2. The highest BCUT2D eigenvalue weighted by Crippen LogP contribution is 2.26. The fourth-order valence-corrected chi connectivity index (χ4v) is 2.41. The standard InChI is InChI=1S/C17H31N3O2/c1-7-22-10-8-9-19-15(21)14(11-18)12-20-17(5,6)13-16(2,3)4/h12,20H,7-10,13H2,1-6H3,(H,19,21)/b14-12-. The molecule has 126 valence electrons. The van der Waals surface area contributed by atoms with Crippen molar-refractivity contribution in [2.45, 2.75) is 59.9 Å². The SMILES string of the molecule is CCOCCCNC(=O)/C(C#N)=C\NC(C)(C)CC(C)(C)C. The number of nitrogens with zero attached hydrogens (tertiary/aromatic N) is 1. The Morgan fingerprint density at radius 1 is 1.27 bits per heavy atom. The number of nitriles is 1. The van der Waals surface area contributed by atoms with Crippen molar-refractivity contribution in [1.82, 2.24) is 10.6 Å². The minimum atomic E-state index is -0.349. The first-order valence-electron chi connectivity index (χ1n) is 7.85. The predicted octanol–water partition coefficient (Wildman–Crippen LogP) is 2.74. The fourth-order valence-electron chi connectivity index (χ4n) is 2.41. The van der Waals surface area contributed by atoms with Crippen molar-refractivity contribution in [3.8, 4) is 6.07 Å². The summed E-state index contributed by atoms with van der Waals surface area (Å²) in [6, 6.07) is 1.94. The number of ether oxygens (including phenoxy) is 1. The van der Waals surface area contributed by atoms with E-state index in [1.807, 2.05) is 13.0 Å². The van der Waals surface area contributed by atoms with Crippen LogP contribution in [0.15, 0.2) is 11.8 Å². The quantitative estimate of drug-likeness (QED) is 0.390. The largest absolute Gasteiger partial charge is 0.385 e. The van der Waals surface area contributed by atoms with E-state index >= 15 is 0 Å². The van der Waals surface area contributed by atoms with E-state index in [1.54, 1.807) is 0 Å². The van der Waals surface area contributed by atoms with Crippen molar-refractivity contribution in [1.29, 1.82) is 5.26 Å². The second-order valence-corrected chi connectivity index (χ2v) is 7.24. The molecule has 0 aromatic rings. The lowest BCUT2D eigenvalue weighted by Crippen LogP contribution is -2.40. The van der Waals surface area contributed by atoms with Crippen molar-refractivity contribution in [2.75, 3.05) is 19.8 Å². The highest BCUT2D eigenvalue weighted by atomic mass is 16.5. The lowest BCUT2D eigenvalue weighted by Gasteiger charge is -2.33. The van der Waals surface area contributed by atoms with E-state index in [0.29, 0.717) is 19.8 Å². The molecule has 0 rings (SSSR count). The average molecular weight is 309 g/mol. The molecule has 0 saturated heterocycles. The van der Waals surface area contributed by atoms with Crippen LogP contribution in [-0.2, 0) is 9.53 Å². The molecule has 0 aliphatic rings. The van der Waals surface area contributed by atoms with E-state index in [0.717, 1.165) is 12.8 Å². The number of carbonyl (C=O) groups is 1. The summed E-state index contributed by atoms with van der Waals surface area (Å²) in [5.74, 6) is -0.349. The van der Waals surface area contributed by atoms with Crippen molar-refractivity contribution in [3.63, 3.8) is 0 Å². The van der Waals surface area contributed by atoms with Crippen LogP contribution in [0.5, 0.6) is 0 Å². The first kappa shape index (κ1) is 20.5. The Balaban J connectivity index is 4.44. The van der Waals surface area contributed by atoms with Crippen molar-refractivity contribution in [3.05, 3.63) is 11.8 Å². The molecule has 22 heavy (non-hydrogen) atoms. The number of carbonyl (C=O) groups excluding carboxylic acids is 1. The van der Waals surface area contributed by atoms with Gasteiger partial charge < -0.3 is 15.4 Å². The molecular formula is C17H31N3O2. The summed E-state index contributed by atoms with van der Waals surface area (Å²) in [6.07, 6.45) is 3.18. The first-order chi connectivity index (χ1) is 10.1.